The Morgan fingerprint density at radius 3 is 2.61 bits per heavy atom. The molecule has 0 saturated carbocycles. The molecule has 4 aromatic rings. The van der Waals surface area contributed by atoms with E-state index < -0.39 is 0 Å². The van der Waals surface area contributed by atoms with Gasteiger partial charge in [-0.1, -0.05) is 48.5 Å². The number of nitrogens with one attached hydrogen (secondary N) is 2. The first-order chi connectivity index (χ1) is 13.7. The minimum atomic E-state index is -0.373. The molecule has 1 aromatic heterocycles. The number of hydrogen-bond acceptors (Lipinski definition) is 2. The topological polar surface area (TPSA) is 48.8 Å². The summed E-state index contributed by atoms with van der Waals surface area (Å²) in [6.45, 7) is 0.707. The fourth-order valence-electron chi connectivity index (χ4n) is 3.04. The SMILES string of the molecule is O=C(CSc1[nH]c2ccccc2[n+]1Cc1ccccc1)Nc1cccc(F)c1. The summed E-state index contributed by atoms with van der Waals surface area (Å²) in [5.41, 5.74) is 3.74. The highest BCUT2D eigenvalue weighted by atomic mass is 32.2. The van der Waals surface area contributed by atoms with Crippen LogP contribution in [0.15, 0.2) is 84.0 Å². The molecule has 0 aliphatic heterocycles. The average molecular weight is 392 g/mol. The van der Waals surface area contributed by atoms with Crippen molar-refractivity contribution in [3.8, 4) is 0 Å². The molecular weight excluding hydrogens is 373 g/mol. The Labute approximate surface area is 166 Å². The lowest BCUT2D eigenvalue weighted by Gasteiger charge is -2.05. The number of benzene rings is 3. The van der Waals surface area contributed by atoms with Crippen molar-refractivity contribution in [2.45, 2.75) is 11.7 Å². The zero-order valence-electron chi connectivity index (χ0n) is 15.1. The first kappa shape index (κ1) is 18.3. The van der Waals surface area contributed by atoms with Crippen LogP contribution in [0.25, 0.3) is 11.0 Å². The summed E-state index contributed by atoms with van der Waals surface area (Å²) in [6.07, 6.45) is 0. The van der Waals surface area contributed by atoms with E-state index in [1.165, 1.54) is 29.5 Å². The van der Waals surface area contributed by atoms with Gasteiger partial charge in [-0.2, -0.15) is 0 Å². The third-order valence-corrected chi connectivity index (χ3v) is 5.32. The maximum Gasteiger partial charge on any atom is 0.317 e. The molecule has 0 aliphatic rings. The second-order valence-electron chi connectivity index (χ2n) is 6.37. The van der Waals surface area contributed by atoms with Crippen LogP contribution in [0, 0.1) is 5.82 Å². The largest absolute Gasteiger partial charge is 0.325 e. The van der Waals surface area contributed by atoms with Crippen LogP contribution in [0.4, 0.5) is 10.1 Å². The number of fused-ring (bicyclic) bond motifs is 1. The number of carbonyl (C=O) groups excluding carboxylic acids is 1. The summed E-state index contributed by atoms with van der Waals surface area (Å²) in [5.74, 6) is -0.333. The Morgan fingerprint density at radius 1 is 1.00 bits per heavy atom. The molecule has 0 spiro atoms. The number of rotatable bonds is 6. The number of nitrogens with zero attached hydrogens (tertiary/aromatic N) is 1. The van der Waals surface area contributed by atoms with Gasteiger partial charge in [0.05, 0.1) is 5.75 Å². The third-order valence-electron chi connectivity index (χ3n) is 4.31. The fourth-order valence-corrected chi connectivity index (χ4v) is 3.88. The van der Waals surface area contributed by atoms with Crippen LogP contribution in [-0.4, -0.2) is 16.6 Å². The number of aromatic nitrogens is 2. The van der Waals surface area contributed by atoms with Gasteiger partial charge in [0.1, 0.15) is 12.4 Å². The Hall–Kier alpha value is -3.12. The highest BCUT2D eigenvalue weighted by Gasteiger charge is 2.20. The normalized spacial score (nSPS) is 10.9. The van der Waals surface area contributed by atoms with E-state index in [4.69, 9.17) is 0 Å². The van der Waals surface area contributed by atoms with Crippen molar-refractivity contribution in [3.05, 3.63) is 90.2 Å². The molecule has 3 aromatic carbocycles. The zero-order chi connectivity index (χ0) is 19.3. The van der Waals surface area contributed by atoms with Crippen LogP contribution in [-0.2, 0) is 11.3 Å². The predicted molar refractivity (Wildman–Crippen MR) is 110 cm³/mol. The maximum absolute atomic E-state index is 13.3. The van der Waals surface area contributed by atoms with Crippen molar-refractivity contribution in [1.82, 2.24) is 4.98 Å². The van der Waals surface area contributed by atoms with E-state index in [-0.39, 0.29) is 17.5 Å². The summed E-state index contributed by atoms with van der Waals surface area (Å²) in [7, 11) is 0. The Bertz CT molecular complexity index is 1110. The first-order valence-corrected chi connectivity index (χ1v) is 9.90. The molecule has 0 atom stereocenters. The van der Waals surface area contributed by atoms with E-state index in [0.717, 1.165) is 16.2 Å². The van der Waals surface area contributed by atoms with Gasteiger partial charge in [-0.05, 0) is 47.7 Å². The molecule has 1 amide bonds. The van der Waals surface area contributed by atoms with E-state index in [1.54, 1.807) is 12.1 Å². The number of para-hydroxylation sites is 2. The molecule has 4 nitrogen and oxygen atoms in total. The van der Waals surface area contributed by atoms with Crippen molar-refractivity contribution < 1.29 is 13.8 Å². The zero-order valence-corrected chi connectivity index (χ0v) is 15.9. The Balaban J connectivity index is 1.53. The molecule has 140 valence electrons. The van der Waals surface area contributed by atoms with Gasteiger partial charge in [0, 0.05) is 5.69 Å². The summed E-state index contributed by atoms with van der Waals surface area (Å²) >= 11 is 1.43. The molecule has 2 N–H and O–H groups in total. The number of H-pyrrole nitrogens is 1. The summed E-state index contributed by atoms with van der Waals surface area (Å²) in [4.78, 5) is 15.7. The van der Waals surface area contributed by atoms with Crippen molar-refractivity contribution in [1.29, 1.82) is 0 Å². The second kappa shape index (κ2) is 8.27. The van der Waals surface area contributed by atoms with Gasteiger partial charge in [-0.3, -0.25) is 4.79 Å². The van der Waals surface area contributed by atoms with Gasteiger partial charge < -0.3 is 5.32 Å². The molecule has 0 unspecified atom stereocenters. The highest BCUT2D eigenvalue weighted by Crippen LogP contribution is 2.19. The summed E-state index contributed by atoms with van der Waals surface area (Å²) < 4.78 is 15.5. The molecule has 0 radical (unpaired) electrons. The number of imidazole rings is 1. The van der Waals surface area contributed by atoms with E-state index in [1.807, 2.05) is 36.4 Å². The number of aromatic amines is 1. The van der Waals surface area contributed by atoms with Crippen molar-refractivity contribution in [2.24, 2.45) is 0 Å². The lowest BCUT2D eigenvalue weighted by atomic mass is 10.2. The van der Waals surface area contributed by atoms with Crippen LogP contribution >= 0.6 is 11.8 Å². The summed E-state index contributed by atoms with van der Waals surface area (Å²) in [5, 5.41) is 3.64. The quantitative estimate of drug-likeness (QED) is 0.378. The number of halogens is 1. The van der Waals surface area contributed by atoms with Gasteiger partial charge in [0.25, 0.3) is 0 Å². The summed E-state index contributed by atoms with van der Waals surface area (Å²) in [6, 6.07) is 24.2. The number of hydrogen-bond donors (Lipinski definition) is 2. The molecule has 1 heterocycles. The number of thioether (sulfide) groups is 1. The fraction of sp³-hybridized carbons (Fsp3) is 0.0909. The molecule has 0 bridgehead atoms. The lowest BCUT2D eigenvalue weighted by Crippen LogP contribution is -2.35. The number of anilines is 1. The molecule has 4 rings (SSSR count). The predicted octanol–water partition coefficient (Wildman–Crippen LogP) is 4.37. The molecular formula is C22H19FN3OS+. The van der Waals surface area contributed by atoms with E-state index >= 15 is 0 Å². The average Bonchev–Trinajstić information content (AvgIpc) is 3.05. The van der Waals surface area contributed by atoms with Crippen molar-refractivity contribution in [3.63, 3.8) is 0 Å². The Morgan fingerprint density at radius 2 is 1.79 bits per heavy atom. The molecule has 0 saturated heterocycles. The van der Waals surface area contributed by atoms with Crippen molar-refractivity contribution >= 4 is 34.4 Å². The minimum Gasteiger partial charge on any atom is -0.325 e. The van der Waals surface area contributed by atoms with Gasteiger partial charge in [0.2, 0.25) is 5.91 Å². The maximum atomic E-state index is 13.3. The van der Waals surface area contributed by atoms with Gasteiger partial charge in [-0.15, -0.1) is 0 Å². The smallest absolute Gasteiger partial charge is 0.317 e. The molecule has 0 aliphatic carbocycles. The second-order valence-corrected chi connectivity index (χ2v) is 7.33. The number of carbonyl (C=O) groups is 1. The Kier molecular flexibility index (Phi) is 5.39. The molecule has 28 heavy (non-hydrogen) atoms. The first-order valence-electron chi connectivity index (χ1n) is 8.92. The van der Waals surface area contributed by atoms with Crippen LogP contribution < -0.4 is 9.88 Å². The lowest BCUT2D eigenvalue weighted by molar-refractivity contribution is -0.700. The van der Waals surface area contributed by atoms with Gasteiger partial charge >= 0.3 is 5.16 Å². The van der Waals surface area contributed by atoms with Gasteiger partial charge in [0.15, 0.2) is 11.0 Å². The highest BCUT2D eigenvalue weighted by molar-refractivity contribution is 7.99. The standard InChI is InChI=1S/C22H18FN3OS/c23-17-9-6-10-18(13-17)24-21(27)15-28-22-25-19-11-4-5-12-20(19)26(22)14-16-7-2-1-3-8-16/h1-13H,14-15H2,(H,24,27)/p+1. The van der Waals surface area contributed by atoms with Crippen LogP contribution in [0.2, 0.25) is 0 Å². The van der Waals surface area contributed by atoms with Crippen LogP contribution in [0.1, 0.15) is 5.56 Å². The molecule has 0 fully saturated rings. The molecule has 6 heteroatoms. The third kappa shape index (κ3) is 4.23. The number of amides is 1. The van der Waals surface area contributed by atoms with Gasteiger partial charge in [-0.25, -0.2) is 13.9 Å². The monoisotopic (exact) mass is 392 g/mol. The van der Waals surface area contributed by atoms with Crippen LogP contribution in [0.5, 0.6) is 0 Å². The van der Waals surface area contributed by atoms with E-state index in [9.17, 15) is 9.18 Å². The van der Waals surface area contributed by atoms with Crippen LogP contribution in [0.3, 0.4) is 0 Å². The van der Waals surface area contributed by atoms with E-state index in [2.05, 4.69) is 33.1 Å². The van der Waals surface area contributed by atoms with Crippen molar-refractivity contribution in [2.75, 3.05) is 11.1 Å². The van der Waals surface area contributed by atoms with E-state index in [0.29, 0.717) is 12.2 Å². The minimum absolute atomic E-state index is 0.180.